The molecule has 0 aliphatic heterocycles. The highest BCUT2D eigenvalue weighted by Crippen LogP contribution is 2.19. The lowest BCUT2D eigenvalue weighted by atomic mass is 10.2. The smallest absolute Gasteiger partial charge is 0.243 e. The monoisotopic (exact) mass is 382 g/mol. The molecule has 0 aromatic heterocycles. The van der Waals surface area contributed by atoms with E-state index >= 15 is 0 Å². The van der Waals surface area contributed by atoms with Gasteiger partial charge >= 0.3 is 0 Å². The Labute approximate surface area is 153 Å². The fraction of sp³-hybridized carbons (Fsp3) is 0.222. The molecule has 0 saturated carbocycles. The molecule has 2 aromatic carbocycles. The maximum atomic E-state index is 13.6. The highest BCUT2D eigenvalue weighted by atomic mass is 19.2. The minimum Gasteiger partial charge on any atom is -0.347 e. The summed E-state index contributed by atoms with van der Waals surface area (Å²) in [7, 11) is 3.19. The highest BCUT2D eigenvalue weighted by Gasteiger charge is 2.16. The summed E-state index contributed by atoms with van der Waals surface area (Å²) in [5.41, 5.74) is 0.234. The van der Waals surface area contributed by atoms with E-state index in [-0.39, 0.29) is 12.4 Å². The molecule has 2 rings (SSSR count). The SMILES string of the molecule is CN=C(NCC(=O)Nc1ccc(F)c(F)c1F)N(C)Cc1cccc(F)c1. The van der Waals surface area contributed by atoms with Crippen molar-refractivity contribution < 1.29 is 22.4 Å². The van der Waals surface area contributed by atoms with E-state index in [1.807, 2.05) is 0 Å². The summed E-state index contributed by atoms with van der Waals surface area (Å²) in [6, 6.07) is 7.67. The molecular formula is C18H18F4N4O. The molecule has 144 valence electrons. The van der Waals surface area contributed by atoms with Gasteiger partial charge in [-0.1, -0.05) is 12.1 Å². The number of anilines is 1. The van der Waals surface area contributed by atoms with E-state index in [4.69, 9.17) is 0 Å². The Bertz CT molecular complexity index is 857. The summed E-state index contributed by atoms with van der Waals surface area (Å²) in [5, 5.41) is 4.90. The van der Waals surface area contributed by atoms with Gasteiger partial charge in [0.05, 0.1) is 12.2 Å². The van der Waals surface area contributed by atoms with Crippen LogP contribution in [0.5, 0.6) is 0 Å². The summed E-state index contributed by atoms with van der Waals surface area (Å²) < 4.78 is 52.9. The molecule has 0 unspecified atom stereocenters. The van der Waals surface area contributed by atoms with Gasteiger partial charge in [-0.15, -0.1) is 0 Å². The number of nitrogens with zero attached hydrogens (tertiary/aromatic N) is 2. The topological polar surface area (TPSA) is 56.7 Å². The summed E-state index contributed by atoms with van der Waals surface area (Å²) in [5.74, 6) is -5.19. The fourth-order valence-electron chi connectivity index (χ4n) is 2.34. The van der Waals surface area contributed by atoms with Crippen LogP contribution in [0.2, 0.25) is 0 Å². The minimum absolute atomic E-state index is 0.293. The number of guanidine groups is 1. The van der Waals surface area contributed by atoms with Crippen LogP contribution in [0.3, 0.4) is 0 Å². The molecule has 0 bridgehead atoms. The Kier molecular flexibility index (Phi) is 6.75. The van der Waals surface area contributed by atoms with Crippen molar-refractivity contribution in [3.05, 3.63) is 65.2 Å². The van der Waals surface area contributed by atoms with Crippen molar-refractivity contribution in [3.8, 4) is 0 Å². The van der Waals surface area contributed by atoms with Gasteiger partial charge in [-0.25, -0.2) is 17.6 Å². The number of rotatable bonds is 5. The van der Waals surface area contributed by atoms with Crippen LogP contribution >= 0.6 is 0 Å². The van der Waals surface area contributed by atoms with Crippen LogP contribution in [0.15, 0.2) is 41.4 Å². The zero-order valence-electron chi connectivity index (χ0n) is 14.7. The Morgan fingerprint density at radius 3 is 2.52 bits per heavy atom. The van der Waals surface area contributed by atoms with Crippen molar-refractivity contribution in [3.63, 3.8) is 0 Å². The van der Waals surface area contributed by atoms with Crippen molar-refractivity contribution >= 4 is 17.6 Å². The van der Waals surface area contributed by atoms with Gasteiger partial charge in [0.25, 0.3) is 0 Å². The number of benzene rings is 2. The summed E-state index contributed by atoms with van der Waals surface area (Å²) >= 11 is 0. The highest BCUT2D eigenvalue weighted by molar-refractivity contribution is 5.95. The van der Waals surface area contributed by atoms with Gasteiger partial charge in [-0.3, -0.25) is 9.79 Å². The lowest BCUT2D eigenvalue weighted by Crippen LogP contribution is -2.42. The molecule has 2 N–H and O–H groups in total. The third kappa shape index (κ3) is 5.44. The number of carbonyl (C=O) groups is 1. The van der Waals surface area contributed by atoms with Crippen LogP contribution < -0.4 is 10.6 Å². The number of halogens is 4. The molecule has 0 aliphatic carbocycles. The van der Waals surface area contributed by atoms with E-state index in [1.165, 1.54) is 19.2 Å². The number of amides is 1. The van der Waals surface area contributed by atoms with Gasteiger partial charge in [0.2, 0.25) is 5.91 Å². The Balaban J connectivity index is 1.93. The molecule has 0 heterocycles. The first kappa shape index (κ1) is 20.2. The molecule has 0 radical (unpaired) electrons. The van der Waals surface area contributed by atoms with Crippen LogP contribution in [0.25, 0.3) is 0 Å². The lowest BCUT2D eigenvalue weighted by Gasteiger charge is -2.22. The lowest BCUT2D eigenvalue weighted by molar-refractivity contribution is -0.115. The van der Waals surface area contributed by atoms with Gasteiger partial charge < -0.3 is 15.5 Å². The Hall–Kier alpha value is -3.10. The van der Waals surface area contributed by atoms with Crippen molar-refractivity contribution in [2.45, 2.75) is 6.54 Å². The predicted octanol–water partition coefficient (Wildman–Crippen LogP) is 2.89. The first-order valence-electron chi connectivity index (χ1n) is 7.91. The largest absolute Gasteiger partial charge is 0.347 e. The molecule has 5 nitrogen and oxygen atoms in total. The Morgan fingerprint density at radius 1 is 1.11 bits per heavy atom. The van der Waals surface area contributed by atoms with Crippen LogP contribution in [-0.4, -0.2) is 37.4 Å². The molecule has 0 aliphatic rings. The summed E-state index contributed by atoms with van der Waals surface area (Å²) in [6.07, 6.45) is 0. The number of hydrogen-bond acceptors (Lipinski definition) is 2. The summed E-state index contributed by atoms with van der Waals surface area (Å²) in [6.45, 7) is 0.0372. The van der Waals surface area contributed by atoms with Crippen molar-refractivity contribution in [2.24, 2.45) is 4.99 Å². The molecule has 0 saturated heterocycles. The van der Waals surface area contributed by atoms with Crippen LogP contribution in [0.1, 0.15) is 5.56 Å². The van der Waals surface area contributed by atoms with Crippen LogP contribution in [0.4, 0.5) is 23.2 Å². The average Bonchev–Trinajstić information content (AvgIpc) is 2.63. The van der Waals surface area contributed by atoms with E-state index in [2.05, 4.69) is 15.6 Å². The molecule has 0 spiro atoms. The number of aliphatic imine (C=N–C) groups is 1. The fourth-order valence-corrected chi connectivity index (χ4v) is 2.34. The van der Waals surface area contributed by atoms with Gasteiger partial charge in [0.1, 0.15) is 5.82 Å². The van der Waals surface area contributed by atoms with E-state index in [9.17, 15) is 22.4 Å². The third-order valence-corrected chi connectivity index (χ3v) is 3.60. The summed E-state index contributed by atoms with van der Waals surface area (Å²) in [4.78, 5) is 17.6. The first-order valence-corrected chi connectivity index (χ1v) is 7.91. The maximum absolute atomic E-state index is 13.6. The average molecular weight is 382 g/mol. The van der Waals surface area contributed by atoms with Crippen molar-refractivity contribution in [2.75, 3.05) is 26.0 Å². The van der Waals surface area contributed by atoms with Crippen molar-refractivity contribution in [1.29, 1.82) is 0 Å². The number of nitrogens with one attached hydrogen (secondary N) is 2. The van der Waals surface area contributed by atoms with E-state index in [1.54, 1.807) is 24.1 Å². The molecule has 27 heavy (non-hydrogen) atoms. The van der Waals surface area contributed by atoms with E-state index in [0.29, 0.717) is 24.1 Å². The quantitative estimate of drug-likeness (QED) is 0.362. The van der Waals surface area contributed by atoms with Gasteiger partial charge in [-0.2, -0.15) is 0 Å². The van der Waals surface area contributed by atoms with Crippen molar-refractivity contribution in [1.82, 2.24) is 10.2 Å². The molecule has 0 fully saturated rings. The molecular weight excluding hydrogens is 364 g/mol. The zero-order valence-corrected chi connectivity index (χ0v) is 14.7. The molecule has 2 aromatic rings. The molecule has 0 atom stereocenters. The maximum Gasteiger partial charge on any atom is 0.243 e. The number of carbonyl (C=O) groups excluding carboxylic acids is 1. The van der Waals surface area contributed by atoms with Gasteiger partial charge in [0.15, 0.2) is 23.4 Å². The van der Waals surface area contributed by atoms with Gasteiger partial charge in [0, 0.05) is 20.6 Å². The van der Waals surface area contributed by atoms with E-state index < -0.39 is 29.0 Å². The predicted molar refractivity (Wildman–Crippen MR) is 94.2 cm³/mol. The van der Waals surface area contributed by atoms with Crippen LogP contribution in [-0.2, 0) is 11.3 Å². The number of hydrogen-bond donors (Lipinski definition) is 2. The van der Waals surface area contributed by atoms with E-state index in [0.717, 1.165) is 6.07 Å². The Morgan fingerprint density at radius 2 is 1.85 bits per heavy atom. The first-order chi connectivity index (χ1) is 12.8. The molecule has 9 heteroatoms. The van der Waals surface area contributed by atoms with Gasteiger partial charge in [-0.05, 0) is 29.8 Å². The molecule has 1 amide bonds. The second-order valence-electron chi connectivity index (χ2n) is 5.66. The third-order valence-electron chi connectivity index (χ3n) is 3.60. The normalized spacial score (nSPS) is 11.3. The minimum atomic E-state index is -1.66. The standard InChI is InChI=1S/C18H18F4N4O/c1-23-18(26(2)10-11-4-3-5-12(19)8-11)24-9-15(27)25-14-7-6-13(20)16(21)17(14)22/h3-8H,9-10H2,1-2H3,(H,23,24)(H,25,27). The van der Waals surface area contributed by atoms with Crippen LogP contribution in [0, 0.1) is 23.3 Å². The second kappa shape index (κ2) is 9.02. The zero-order chi connectivity index (χ0) is 20.0. The second-order valence-corrected chi connectivity index (χ2v) is 5.66.